The Labute approximate surface area is 120 Å². The van der Waals surface area contributed by atoms with Gasteiger partial charge < -0.3 is 14.6 Å². The van der Waals surface area contributed by atoms with E-state index < -0.39 is 0 Å². The Morgan fingerprint density at radius 3 is 2.85 bits per heavy atom. The monoisotopic (exact) mass is 279 g/mol. The van der Waals surface area contributed by atoms with E-state index in [2.05, 4.69) is 22.4 Å². The van der Waals surface area contributed by atoms with E-state index in [9.17, 15) is 0 Å². The molecule has 2 aliphatic rings. The molecule has 5 nitrogen and oxygen atoms in total. The van der Waals surface area contributed by atoms with Crippen molar-refractivity contribution >= 4 is 0 Å². The Kier molecular flexibility index (Phi) is 4.08. The smallest absolute Gasteiger partial charge is 0.231 e. The van der Waals surface area contributed by atoms with Crippen LogP contribution in [-0.2, 0) is 10.3 Å². The van der Waals surface area contributed by atoms with E-state index in [1.807, 2.05) is 0 Å². The number of hydrogen-bond acceptors (Lipinski definition) is 5. The van der Waals surface area contributed by atoms with Crippen LogP contribution in [-0.4, -0.2) is 29.8 Å². The van der Waals surface area contributed by atoms with Gasteiger partial charge in [-0.15, -0.1) is 0 Å². The second-order valence-electron chi connectivity index (χ2n) is 6.11. The van der Waals surface area contributed by atoms with E-state index >= 15 is 0 Å². The van der Waals surface area contributed by atoms with Crippen LogP contribution in [0.25, 0.3) is 0 Å². The Bertz CT molecular complexity index is 437. The van der Waals surface area contributed by atoms with Crippen molar-refractivity contribution in [3.63, 3.8) is 0 Å². The molecule has 5 heteroatoms. The maximum atomic E-state index is 5.63. The van der Waals surface area contributed by atoms with Gasteiger partial charge in [-0.3, -0.25) is 0 Å². The molecule has 0 aliphatic heterocycles. The molecule has 2 aliphatic carbocycles. The quantitative estimate of drug-likeness (QED) is 0.867. The van der Waals surface area contributed by atoms with Crippen molar-refractivity contribution in [2.75, 3.05) is 13.7 Å². The van der Waals surface area contributed by atoms with Crippen LogP contribution in [0.1, 0.15) is 69.5 Å². The standard InChI is InChI=1S/C15H25N3O2/c1-3-10-16-12-7-4-6-11(12)13-17-14(18-20-13)15(19-2)8-5-9-15/h11-12,16H,3-10H2,1-2H3. The van der Waals surface area contributed by atoms with E-state index in [-0.39, 0.29) is 5.60 Å². The van der Waals surface area contributed by atoms with Gasteiger partial charge in [-0.05, 0) is 45.1 Å². The average Bonchev–Trinajstić information content (AvgIpc) is 3.04. The van der Waals surface area contributed by atoms with Gasteiger partial charge in [0, 0.05) is 13.2 Å². The van der Waals surface area contributed by atoms with Gasteiger partial charge >= 0.3 is 0 Å². The van der Waals surface area contributed by atoms with Crippen molar-refractivity contribution in [3.05, 3.63) is 11.7 Å². The Hall–Kier alpha value is -0.940. The second kappa shape index (κ2) is 5.82. The van der Waals surface area contributed by atoms with Gasteiger partial charge in [-0.1, -0.05) is 18.5 Å². The van der Waals surface area contributed by atoms with Crippen LogP contribution in [0.3, 0.4) is 0 Å². The summed E-state index contributed by atoms with van der Waals surface area (Å²) in [6, 6.07) is 0.489. The fourth-order valence-electron chi connectivity index (χ4n) is 3.42. The summed E-state index contributed by atoms with van der Waals surface area (Å²) in [4.78, 5) is 4.67. The third kappa shape index (κ3) is 2.37. The van der Waals surface area contributed by atoms with Crippen LogP contribution in [0.4, 0.5) is 0 Å². The molecule has 2 atom stereocenters. The first-order valence-corrected chi connectivity index (χ1v) is 7.91. The molecule has 1 aromatic rings. The fraction of sp³-hybridized carbons (Fsp3) is 0.867. The SMILES string of the molecule is CCCNC1CCCC1c1nc(C2(OC)CCC2)no1. The number of ether oxygens (including phenoxy) is 1. The zero-order valence-corrected chi connectivity index (χ0v) is 12.5. The molecule has 20 heavy (non-hydrogen) atoms. The van der Waals surface area contributed by atoms with Gasteiger partial charge in [0.1, 0.15) is 5.60 Å². The summed E-state index contributed by atoms with van der Waals surface area (Å²) in [6.07, 6.45) is 7.93. The molecule has 112 valence electrons. The van der Waals surface area contributed by atoms with Crippen LogP contribution >= 0.6 is 0 Å². The number of aromatic nitrogens is 2. The Morgan fingerprint density at radius 2 is 2.20 bits per heavy atom. The molecular weight excluding hydrogens is 254 g/mol. The van der Waals surface area contributed by atoms with Gasteiger partial charge in [0.2, 0.25) is 11.7 Å². The highest BCUT2D eigenvalue weighted by atomic mass is 16.5. The maximum absolute atomic E-state index is 5.63. The molecule has 1 heterocycles. The van der Waals surface area contributed by atoms with Gasteiger partial charge in [-0.25, -0.2) is 0 Å². The summed E-state index contributed by atoms with van der Waals surface area (Å²) in [5.41, 5.74) is -0.271. The van der Waals surface area contributed by atoms with Crippen LogP contribution in [0.2, 0.25) is 0 Å². The van der Waals surface area contributed by atoms with Crippen LogP contribution < -0.4 is 5.32 Å². The first-order valence-electron chi connectivity index (χ1n) is 7.91. The Balaban J connectivity index is 1.72. The molecule has 0 radical (unpaired) electrons. The number of hydrogen-bond donors (Lipinski definition) is 1. The van der Waals surface area contributed by atoms with Crippen molar-refractivity contribution in [1.29, 1.82) is 0 Å². The van der Waals surface area contributed by atoms with Crippen molar-refractivity contribution < 1.29 is 9.26 Å². The lowest BCUT2D eigenvalue weighted by Crippen LogP contribution is -2.37. The first kappa shape index (κ1) is 14.0. The highest BCUT2D eigenvalue weighted by Gasteiger charge is 2.44. The van der Waals surface area contributed by atoms with Crippen LogP contribution in [0.5, 0.6) is 0 Å². The second-order valence-corrected chi connectivity index (χ2v) is 6.11. The van der Waals surface area contributed by atoms with Crippen LogP contribution in [0.15, 0.2) is 4.52 Å². The Morgan fingerprint density at radius 1 is 1.35 bits per heavy atom. The molecule has 1 N–H and O–H groups in total. The minimum absolute atomic E-state index is 0.271. The summed E-state index contributed by atoms with van der Waals surface area (Å²) in [6.45, 7) is 3.25. The lowest BCUT2D eigenvalue weighted by Gasteiger charge is -2.37. The summed E-state index contributed by atoms with van der Waals surface area (Å²) in [5, 5.41) is 7.81. The lowest BCUT2D eigenvalue weighted by atomic mass is 9.79. The minimum Gasteiger partial charge on any atom is -0.370 e. The van der Waals surface area contributed by atoms with E-state index in [0.29, 0.717) is 12.0 Å². The van der Waals surface area contributed by atoms with Gasteiger partial charge in [-0.2, -0.15) is 4.98 Å². The summed E-state index contributed by atoms with van der Waals surface area (Å²) < 4.78 is 11.2. The number of nitrogens with one attached hydrogen (secondary N) is 1. The molecule has 2 saturated carbocycles. The maximum Gasteiger partial charge on any atom is 0.231 e. The first-order chi connectivity index (χ1) is 9.79. The normalized spacial score (nSPS) is 28.5. The number of nitrogens with zero attached hydrogens (tertiary/aromatic N) is 2. The summed E-state index contributed by atoms with van der Waals surface area (Å²) >= 11 is 0. The van der Waals surface area contributed by atoms with Gasteiger partial charge in [0.15, 0.2) is 0 Å². The molecule has 2 unspecified atom stereocenters. The van der Waals surface area contributed by atoms with E-state index in [4.69, 9.17) is 9.26 Å². The minimum atomic E-state index is -0.271. The third-order valence-electron chi connectivity index (χ3n) is 4.89. The fourth-order valence-corrected chi connectivity index (χ4v) is 3.42. The number of methoxy groups -OCH3 is 1. The molecule has 0 saturated heterocycles. The molecule has 2 fully saturated rings. The van der Waals surface area contributed by atoms with E-state index in [1.54, 1.807) is 7.11 Å². The average molecular weight is 279 g/mol. The van der Waals surface area contributed by atoms with Gasteiger partial charge in [0.05, 0.1) is 5.92 Å². The van der Waals surface area contributed by atoms with Crippen molar-refractivity contribution in [3.8, 4) is 0 Å². The zero-order chi connectivity index (χ0) is 14.0. The predicted octanol–water partition coefficient (Wildman–Crippen LogP) is 2.73. The number of rotatable bonds is 6. The molecular formula is C15H25N3O2. The highest BCUT2D eigenvalue weighted by Crippen LogP contribution is 2.43. The topological polar surface area (TPSA) is 60.2 Å². The molecule has 3 rings (SSSR count). The van der Waals surface area contributed by atoms with E-state index in [1.165, 1.54) is 19.3 Å². The lowest BCUT2D eigenvalue weighted by molar-refractivity contribution is -0.0858. The van der Waals surface area contributed by atoms with Crippen LogP contribution in [0, 0.1) is 0 Å². The molecule has 0 spiro atoms. The zero-order valence-electron chi connectivity index (χ0n) is 12.5. The molecule has 0 aromatic carbocycles. The molecule has 0 bridgehead atoms. The van der Waals surface area contributed by atoms with Crippen molar-refractivity contribution in [2.24, 2.45) is 0 Å². The van der Waals surface area contributed by atoms with Crippen molar-refractivity contribution in [1.82, 2.24) is 15.5 Å². The third-order valence-corrected chi connectivity index (χ3v) is 4.89. The largest absolute Gasteiger partial charge is 0.370 e. The summed E-state index contributed by atoms with van der Waals surface area (Å²) in [7, 11) is 1.75. The summed E-state index contributed by atoms with van der Waals surface area (Å²) in [5.74, 6) is 1.92. The van der Waals surface area contributed by atoms with E-state index in [0.717, 1.165) is 43.9 Å². The van der Waals surface area contributed by atoms with Gasteiger partial charge in [0.25, 0.3) is 0 Å². The highest BCUT2D eigenvalue weighted by molar-refractivity contribution is 5.10. The molecule has 0 amide bonds. The predicted molar refractivity (Wildman–Crippen MR) is 75.5 cm³/mol. The van der Waals surface area contributed by atoms with Crippen molar-refractivity contribution in [2.45, 2.75) is 69.4 Å². The molecule has 1 aromatic heterocycles.